The van der Waals surface area contributed by atoms with Crippen molar-refractivity contribution < 1.29 is 29.2 Å². The Kier molecular flexibility index (Phi) is 10.9. The van der Waals surface area contributed by atoms with E-state index in [1.807, 2.05) is 30.5 Å². The van der Waals surface area contributed by atoms with E-state index in [-0.39, 0.29) is 18.2 Å². The number of nitro benzene ring substituents is 1. The third kappa shape index (κ3) is 7.94. The maximum Gasteiger partial charge on any atom is 0.409 e. The summed E-state index contributed by atoms with van der Waals surface area (Å²) in [7, 11) is 0. The van der Waals surface area contributed by atoms with E-state index >= 15 is 0 Å². The van der Waals surface area contributed by atoms with Crippen molar-refractivity contribution in [1.82, 2.24) is 10.7 Å². The van der Waals surface area contributed by atoms with Crippen LogP contribution in [0.4, 0.5) is 21.0 Å². The highest BCUT2D eigenvalue weighted by Gasteiger charge is 2.29. The molecule has 1 atom stereocenters. The molecule has 0 saturated heterocycles. The van der Waals surface area contributed by atoms with Crippen LogP contribution in [0, 0.1) is 10.1 Å². The summed E-state index contributed by atoms with van der Waals surface area (Å²) < 4.78 is 5.47. The van der Waals surface area contributed by atoms with Gasteiger partial charge in [-0.2, -0.15) is 11.8 Å². The van der Waals surface area contributed by atoms with Gasteiger partial charge in [-0.05, 0) is 52.8 Å². The lowest BCUT2D eigenvalue weighted by molar-refractivity contribution is -0.384. The first kappa shape index (κ1) is 29.9. The Labute approximate surface area is 234 Å². The third-order valence-electron chi connectivity index (χ3n) is 6.03. The van der Waals surface area contributed by atoms with E-state index in [1.54, 1.807) is 11.8 Å². The Bertz CT molecular complexity index is 1310. The number of hydrazine groups is 1. The maximum atomic E-state index is 12.3. The molecule has 0 fully saturated rings. The second-order valence-electron chi connectivity index (χ2n) is 8.55. The molecule has 210 valence electrons. The summed E-state index contributed by atoms with van der Waals surface area (Å²) in [4.78, 5) is 43.9. The van der Waals surface area contributed by atoms with Gasteiger partial charge < -0.3 is 15.2 Å². The average molecular weight is 568 g/mol. The average Bonchev–Trinajstić information content (AvgIpc) is 3.27. The second-order valence-corrected chi connectivity index (χ2v) is 9.53. The largest absolute Gasteiger partial charge is 0.465 e. The van der Waals surface area contributed by atoms with Crippen LogP contribution in [-0.2, 0) is 9.53 Å². The highest BCUT2D eigenvalue weighted by molar-refractivity contribution is 7.98. The first-order valence-electron chi connectivity index (χ1n) is 12.1. The zero-order chi connectivity index (χ0) is 29.1. The van der Waals surface area contributed by atoms with Gasteiger partial charge >= 0.3 is 12.2 Å². The first-order chi connectivity index (χ1) is 19.2. The van der Waals surface area contributed by atoms with Gasteiger partial charge in [0.25, 0.3) is 11.6 Å². The topological polar surface area (TPSA) is 186 Å². The van der Waals surface area contributed by atoms with Crippen molar-refractivity contribution in [3.8, 4) is 11.1 Å². The first-order valence-corrected chi connectivity index (χ1v) is 13.5. The molecule has 3 aromatic rings. The molecule has 1 aliphatic rings. The lowest BCUT2D eigenvalue weighted by atomic mass is 9.98. The number of nitrogens with two attached hydrogens (primary N) is 1. The Morgan fingerprint density at radius 3 is 2.10 bits per heavy atom. The standard InChI is InChI=1S/C20H23N3O3S.C7H6N2O4/c1-27-11-10-18(19(24)23-21)22-20(25)26-12-17-15-8-4-2-6-13(15)14-7-3-5-9-16(14)17;10-7(11)8-5-1-3-6(4-2-5)9(12)13/h2-9,17-18H,10-12,21H2,1H3,(H,22,25)(H,23,24);1-4,8H,(H,10,11)/t18-;/m0./s1. The van der Waals surface area contributed by atoms with Crippen LogP contribution >= 0.6 is 11.8 Å². The zero-order valence-corrected chi connectivity index (χ0v) is 22.4. The lowest BCUT2D eigenvalue weighted by Crippen LogP contribution is -2.49. The van der Waals surface area contributed by atoms with E-state index in [9.17, 15) is 24.5 Å². The summed E-state index contributed by atoms with van der Waals surface area (Å²) in [5.74, 6) is 5.48. The lowest BCUT2D eigenvalue weighted by Gasteiger charge is -2.18. The Hall–Kier alpha value is -4.62. The van der Waals surface area contributed by atoms with Crippen LogP contribution in [0.3, 0.4) is 0 Å². The van der Waals surface area contributed by atoms with E-state index in [1.165, 1.54) is 35.4 Å². The quantitative estimate of drug-likeness (QED) is 0.109. The van der Waals surface area contributed by atoms with Crippen LogP contribution in [0.15, 0.2) is 72.8 Å². The summed E-state index contributed by atoms with van der Waals surface area (Å²) in [5.41, 5.74) is 6.94. The number of ether oxygens (including phenoxy) is 1. The molecule has 6 N–H and O–H groups in total. The second kappa shape index (κ2) is 14.5. The highest BCUT2D eigenvalue weighted by Crippen LogP contribution is 2.44. The van der Waals surface area contributed by atoms with Crippen molar-refractivity contribution in [2.75, 3.05) is 23.9 Å². The van der Waals surface area contributed by atoms with E-state index < -0.39 is 29.1 Å². The zero-order valence-electron chi connectivity index (χ0n) is 21.5. The predicted octanol–water partition coefficient (Wildman–Crippen LogP) is 4.32. The Morgan fingerprint density at radius 2 is 1.60 bits per heavy atom. The van der Waals surface area contributed by atoms with Crippen molar-refractivity contribution in [1.29, 1.82) is 0 Å². The molecular formula is C27H29N5O7S. The number of rotatable bonds is 9. The number of alkyl carbamates (subject to hydrolysis) is 1. The SMILES string of the molecule is CSCC[C@H](NC(=O)OCC1c2ccccc2-c2ccccc21)C(=O)NN.O=C(O)Nc1ccc([N+](=O)[O-])cc1. The van der Waals surface area contributed by atoms with Crippen molar-refractivity contribution in [2.45, 2.75) is 18.4 Å². The van der Waals surface area contributed by atoms with Gasteiger partial charge in [0, 0.05) is 23.7 Å². The number of carbonyl (C=O) groups excluding carboxylic acids is 2. The van der Waals surface area contributed by atoms with Crippen LogP contribution < -0.4 is 21.9 Å². The van der Waals surface area contributed by atoms with Crippen LogP contribution in [0.25, 0.3) is 11.1 Å². The molecule has 0 radical (unpaired) electrons. The summed E-state index contributed by atoms with van der Waals surface area (Å²) in [6, 6.07) is 20.7. The molecule has 4 rings (SSSR count). The summed E-state index contributed by atoms with van der Waals surface area (Å²) in [6.45, 7) is 0.208. The van der Waals surface area contributed by atoms with Gasteiger partial charge in [-0.25, -0.2) is 15.4 Å². The molecule has 0 aromatic heterocycles. The molecule has 12 nitrogen and oxygen atoms in total. The molecule has 3 amide bonds. The molecular weight excluding hydrogens is 538 g/mol. The molecule has 1 aliphatic carbocycles. The van der Waals surface area contributed by atoms with Gasteiger partial charge in [-0.15, -0.1) is 0 Å². The third-order valence-corrected chi connectivity index (χ3v) is 6.68. The molecule has 0 bridgehead atoms. The van der Waals surface area contributed by atoms with Crippen LogP contribution in [0.1, 0.15) is 23.5 Å². The van der Waals surface area contributed by atoms with Crippen molar-refractivity contribution in [3.63, 3.8) is 0 Å². The number of hydrogen-bond donors (Lipinski definition) is 5. The van der Waals surface area contributed by atoms with Gasteiger partial charge in [0.15, 0.2) is 0 Å². The minimum atomic E-state index is -1.20. The van der Waals surface area contributed by atoms with Crippen LogP contribution in [-0.4, -0.2) is 52.8 Å². The summed E-state index contributed by atoms with van der Waals surface area (Å²) in [6.07, 6.45) is 0.597. The number of non-ortho nitro benzene ring substituents is 1. The van der Waals surface area contributed by atoms with E-state index in [4.69, 9.17) is 15.7 Å². The number of nitro groups is 1. The molecule has 13 heteroatoms. The summed E-state index contributed by atoms with van der Waals surface area (Å²) >= 11 is 1.59. The van der Waals surface area contributed by atoms with E-state index in [2.05, 4.69) is 40.3 Å². The number of carboxylic acid groups (broad SMARTS) is 1. The highest BCUT2D eigenvalue weighted by atomic mass is 32.2. The normalized spacial score (nSPS) is 12.1. The Morgan fingerprint density at radius 1 is 1.02 bits per heavy atom. The molecule has 3 aromatic carbocycles. The molecule has 0 heterocycles. The van der Waals surface area contributed by atoms with E-state index in [0.29, 0.717) is 12.1 Å². The fourth-order valence-electron chi connectivity index (χ4n) is 4.18. The van der Waals surface area contributed by atoms with Crippen molar-refractivity contribution >= 4 is 41.2 Å². The fraction of sp³-hybridized carbons (Fsp3) is 0.222. The van der Waals surface area contributed by atoms with Crippen LogP contribution in [0.5, 0.6) is 0 Å². The maximum absolute atomic E-state index is 12.3. The van der Waals surface area contributed by atoms with Gasteiger partial charge in [-0.1, -0.05) is 48.5 Å². The number of anilines is 1. The van der Waals surface area contributed by atoms with Crippen molar-refractivity contribution in [2.24, 2.45) is 5.84 Å². The minimum absolute atomic E-state index is 0.0175. The number of amides is 3. The smallest absolute Gasteiger partial charge is 0.409 e. The number of benzene rings is 3. The van der Waals surface area contributed by atoms with Gasteiger partial charge in [0.2, 0.25) is 0 Å². The number of hydrogen-bond acceptors (Lipinski definition) is 8. The van der Waals surface area contributed by atoms with Gasteiger partial charge in [0.1, 0.15) is 12.6 Å². The van der Waals surface area contributed by atoms with Crippen LogP contribution in [0.2, 0.25) is 0 Å². The predicted molar refractivity (Wildman–Crippen MR) is 152 cm³/mol. The number of nitrogens with zero attached hydrogens (tertiary/aromatic N) is 1. The van der Waals surface area contributed by atoms with E-state index in [0.717, 1.165) is 16.9 Å². The molecule has 0 aliphatic heterocycles. The van der Waals surface area contributed by atoms with Gasteiger partial charge in [0.05, 0.1) is 4.92 Å². The molecule has 40 heavy (non-hydrogen) atoms. The van der Waals surface area contributed by atoms with Crippen molar-refractivity contribution in [3.05, 3.63) is 94.0 Å². The number of carbonyl (C=O) groups is 3. The monoisotopic (exact) mass is 567 g/mol. The minimum Gasteiger partial charge on any atom is -0.465 e. The Balaban J connectivity index is 0.000000285. The molecule has 0 saturated carbocycles. The number of nitrogens with one attached hydrogen (secondary N) is 3. The molecule has 0 spiro atoms. The summed E-state index contributed by atoms with van der Waals surface area (Å²) in [5, 5.41) is 23.2. The molecule has 0 unspecified atom stereocenters. The number of thioether (sulfide) groups is 1. The fourth-order valence-corrected chi connectivity index (χ4v) is 4.65. The van der Waals surface area contributed by atoms with Gasteiger partial charge in [-0.3, -0.25) is 25.7 Å². The number of fused-ring (bicyclic) bond motifs is 3.